The number of carbonyl (C=O) groups excluding carboxylic acids is 1. The van der Waals surface area contributed by atoms with Gasteiger partial charge in [-0.15, -0.1) is 0 Å². The van der Waals surface area contributed by atoms with Crippen LogP contribution < -0.4 is 5.48 Å². The molecule has 0 spiro atoms. The Labute approximate surface area is 80.9 Å². The molecule has 0 aliphatic carbocycles. The second-order valence-electron chi connectivity index (χ2n) is 2.92. The van der Waals surface area contributed by atoms with E-state index in [0.29, 0.717) is 0 Å². The maximum absolute atomic E-state index is 11.0. The molecule has 1 aromatic heterocycles. The van der Waals surface area contributed by atoms with E-state index < -0.39 is 5.97 Å². The standard InChI is InChI=1S/C8H11N3O3/c1-5(2)7(12)14-11-6-3-4-9-8(13)10-6/h3-5H,1-2H3,(H2,9,10,11,13). The fourth-order valence-corrected chi connectivity index (χ4v) is 0.626. The molecule has 1 aromatic rings. The summed E-state index contributed by atoms with van der Waals surface area (Å²) in [4.78, 5) is 22.7. The SMILES string of the molecule is CC(C)C(=O)ONc1ccnc(O)n1. The van der Waals surface area contributed by atoms with Gasteiger partial charge < -0.3 is 9.94 Å². The highest BCUT2D eigenvalue weighted by molar-refractivity contribution is 5.72. The van der Waals surface area contributed by atoms with Gasteiger partial charge in [-0.25, -0.2) is 15.3 Å². The highest BCUT2D eigenvalue weighted by atomic mass is 16.7. The maximum Gasteiger partial charge on any atom is 0.334 e. The van der Waals surface area contributed by atoms with Gasteiger partial charge in [0.15, 0.2) is 5.82 Å². The summed E-state index contributed by atoms with van der Waals surface area (Å²) in [6, 6.07) is 1.09. The van der Waals surface area contributed by atoms with Gasteiger partial charge in [0.1, 0.15) is 0 Å². The maximum atomic E-state index is 11.0. The zero-order valence-corrected chi connectivity index (χ0v) is 7.89. The first-order chi connectivity index (χ1) is 6.59. The third kappa shape index (κ3) is 2.89. The van der Waals surface area contributed by atoms with E-state index >= 15 is 0 Å². The molecule has 0 amide bonds. The molecule has 0 aliphatic rings. The Balaban J connectivity index is 2.50. The van der Waals surface area contributed by atoms with Crippen molar-refractivity contribution < 1.29 is 14.7 Å². The van der Waals surface area contributed by atoms with Gasteiger partial charge in [0, 0.05) is 12.3 Å². The van der Waals surface area contributed by atoms with Crippen LogP contribution in [0, 0.1) is 5.92 Å². The first kappa shape index (κ1) is 10.2. The summed E-state index contributed by atoms with van der Waals surface area (Å²) in [7, 11) is 0. The van der Waals surface area contributed by atoms with E-state index in [4.69, 9.17) is 5.11 Å². The molecule has 0 bridgehead atoms. The molecule has 0 radical (unpaired) electrons. The van der Waals surface area contributed by atoms with Crippen molar-refractivity contribution in [3.8, 4) is 6.01 Å². The van der Waals surface area contributed by atoms with Crippen molar-refractivity contribution in [2.24, 2.45) is 5.92 Å². The van der Waals surface area contributed by atoms with Crippen molar-refractivity contribution in [3.63, 3.8) is 0 Å². The molecule has 0 unspecified atom stereocenters. The first-order valence-electron chi connectivity index (χ1n) is 4.08. The van der Waals surface area contributed by atoms with Crippen molar-refractivity contribution in [3.05, 3.63) is 12.3 Å². The Morgan fingerprint density at radius 1 is 1.64 bits per heavy atom. The number of aromatic nitrogens is 2. The number of carbonyl (C=O) groups is 1. The number of rotatable bonds is 3. The van der Waals surface area contributed by atoms with Crippen molar-refractivity contribution in [1.82, 2.24) is 9.97 Å². The summed E-state index contributed by atoms with van der Waals surface area (Å²) in [6.07, 6.45) is 1.34. The second kappa shape index (κ2) is 4.40. The Morgan fingerprint density at radius 2 is 2.36 bits per heavy atom. The molecular weight excluding hydrogens is 186 g/mol. The molecule has 0 atom stereocenters. The van der Waals surface area contributed by atoms with E-state index in [2.05, 4.69) is 20.3 Å². The van der Waals surface area contributed by atoms with Gasteiger partial charge in [-0.05, 0) is 0 Å². The molecule has 0 saturated carbocycles. The molecule has 0 aliphatic heterocycles. The smallest absolute Gasteiger partial charge is 0.334 e. The predicted molar refractivity (Wildman–Crippen MR) is 48.2 cm³/mol. The molecular formula is C8H11N3O3. The lowest BCUT2D eigenvalue weighted by Crippen LogP contribution is -2.16. The summed E-state index contributed by atoms with van der Waals surface area (Å²) in [5.74, 6) is -0.396. The lowest BCUT2D eigenvalue weighted by molar-refractivity contribution is -0.144. The van der Waals surface area contributed by atoms with E-state index in [1.165, 1.54) is 12.3 Å². The van der Waals surface area contributed by atoms with Crippen LogP contribution in [-0.4, -0.2) is 21.0 Å². The van der Waals surface area contributed by atoms with Crippen molar-refractivity contribution in [2.75, 3.05) is 5.48 Å². The van der Waals surface area contributed by atoms with E-state index in [0.717, 1.165) is 0 Å². The number of nitrogens with one attached hydrogen (secondary N) is 1. The van der Waals surface area contributed by atoms with Crippen LogP contribution in [0.2, 0.25) is 0 Å². The van der Waals surface area contributed by atoms with Gasteiger partial charge in [-0.1, -0.05) is 13.8 Å². The first-order valence-corrected chi connectivity index (χ1v) is 4.08. The monoisotopic (exact) mass is 197 g/mol. The third-order valence-corrected chi connectivity index (χ3v) is 1.37. The van der Waals surface area contributed by atoms with Gasteiger partial charge in [0.2, 0.25) is 0 Å². The molecule has 6 nitrogen and oxygen atoms in total. The van der Waals surface area contributed by atoms with E-state index in [9.17, 15) is 4.79 Å². The average Bonchev–Trinajstić information content (AvgIpc) is 2.14. The van der Waals surface area contributed by atoms with Crippen molar-refractivity contribution in [2.45, 2.75) is 13.8 Å². The predicted octanol–water partition coefficient (Wildman–Crippen LogP) is 0.708. The van der Waals surface area contributed by atoms with Crippen LogP contribution in [0.5, 0.6) is 6.01 Å². The summed E-state index contributed by atoms with van der Waals surface area (Å²) >= 11 is 0. The van der Waals surface area contributed by atoms with Gasteiger partial charge >= 0.3 is 12.0 Å². The van der Waals surface area contributed by atoms with E-state index in [1.807, 2.05) is 0 Å². The Morgan fingerprint density at radius 3 is 2.93 bits per heavy atom. The Kier molecular flexibility index (Phi) is 3.22. The number of nitrogens with zero attached hydrogens (tertiary/aromatic N) is 2. The molecule has 0 saturated heterocycles. The van der Waals surface area contributed by atoms with Crippen LogP contribution in [0.25, 0.3) is 0 Å². The molecule has 76 valence electrons. The van der Waals surface area contributed by atoms with Crippen LogP contribution in [0.15, 0.2) is 12.3 Å². The number of hydrogen-bond acceptors (Lipinski definition) is 6. The topological polar surface area (TPSA) is 84.3 Å². The minimum absolute atomic E-state index is 0.224. The number of hydrogen-bond donors (Lipinski definition) is 2. The molecule has 6 heteroatoms. The fourth-order valence-electron chi connectivity index (χ4n) is 0.626. The normalized spacial score (nSPS) is 9.93. The number of aromatic hydroxyl groups is 1. The molecule has 1 rings (SSSR count). The summed E-state index contributed by atoms with van der Waals surface area (Å²) in [5.41, 5.74) is 2.31. The van der Waals surface area contributed by atoms with Crippen LogP contribution in [0.3, 0.4) is 0 Å². The highest BCUT2D eigenvalue weighted by Crippen LogP contribution is 2.06. The van der Waals surface area contributed by atoms with E-state index in [-0.39, 0.29) is 17.7 Å². The van der Waals surface area contributed by atoms with E-state index in [1.54, 1.807) is 13.8 Å². The zero-order chi connectivity index (χ0) is 10.6. The highest BCUT2D eigenvalue weighted by Gasteiger charge is 2.08. The Bertz CT molecular complexity index is 327. The van der Waals surface area contributed by atoms with Gasteiger partial charge in [0.25, 0.3) is 0 Å². The third-order valence-electron chi connectivity index (χ3n) is 1.37. The molecule has 0 fully saturated rings. The fraction of sp³-hybridized carbons (Fsp3) is 0.375. The largest absolute Gasteiger partial charge is 0.479 e. The summed E-state index contributed by atoms with van der Waals surface area (Å²) in [6.45, 7) is 3.42. The van der Waals surface area contributed by atoms with Gasteiger partial charge in [-0.3, -0.25) is 0 Å². The van der Waals surface area contributed by atoms with Crippen LogP contribution in [0.4, 0.5) is 5.82 Å². The quantitative estimate of drug-likeness (QED) is 0.694. The second-order valence-corrected chi connectivity index (χ2v) is 2.92. The zero-order valence-electron chi connectivity index (χ0n) is 7.89. The summed E-state index contributed by atoms with van der Waals surface area (Å²) < 4.78 is 0. The molecule has 1 heterocycles. The van der Waals surface area contributed by atoms with Gasteiger partial charge in [-0.2, -0.15) is 4.98 Å². The van der Waals surface area contributed by atoms with Crippen molar-refractivity contribution in [1.29, 1.82) is 0 Å². The minimum Gasteiger partial charge on any atom is -0.479 e. The lowest BCUT2D eigenvalue weighted by atomic mass is 10.2. The van der Waals surface area contributed by atoms with Crippen molar-refractivity contribution >= 4 is 11.8 Å². The van der Waals surface area contributed by atoms with Crippen LogP contribution >= 0.6 is 0 Å². The number of anilines is 1. The molecule has 14 heavy (non-hydrogen) atoms. The van der Waals surface area contributed by atoms with Gasteiger partial charge in [0.05, 0.1) is 5.92 Å². The lowest BCUT2D eigenvalue weighted by Gasteiger charge is -2.07. The Hall–Kier alpha value is -1.85. The minimum atomic E-state index is -0.400. The van der Waals surface area contributed by atoms with Crippen LogP contribution in [-0.2, 0) is 9.63 Å². The molecule has 2 N–H and O–H groups in total. The van der Waals surface area contributed by atoms with Crippen LogP contribution in [0.1, 0.15) is 13.8 Å². The summed E-state index contributed by atoms with van der Waals surface area (Å²) in [5, 5.41) is 8.88. The average molecular weight is 197 g/mol. The molecule has 0 aromatic carbocycles.